The maximum absolute atomic E-state index is 13.3. The number of benzene rings is 1. The van der Waals surface area contributed by atoms with Gasteiger partial charge in [0.25, 0.3) is 0 Å². The highest BCUT2D eigenvalue weighted by molar-refractivity contribution is 5.78. The molecule has 1 heterocycles. The average molecular weight is 371 g/mol. The number of carbonyl (C=O) groups excluding carboxylic acids is 1. The van der Waals surface area contributed by atoms with Gasteiger partial charge in [-0.15, -0.1) is 0 Å². The topological polar surface area (TPSA) is 44.4 Å². The fourth-order valence-electron chi connectivity index (χ4n) is 3.17. The Bertz CT molecular complexity index is 566. The van der Waals surface area contributed by atoms with Crippen molar-refractivity contribution < 1.29 is 18.0 Å². The van der Waals surface area contributed by atoms with Crippen molar-refractivity contribution in [2.24, 2.45) is 5.92 Å². The van der Waals surface area contributed by atoms with Crippen LogP contribution in [0.1, 0.15) is 25.0 Å². The van der Waals surface area contributed by atoms with Crippen molar-refractivity contribution in [2.45, 2.75) is 38.9 Å². The number of hydrogen-bond donors (Lipinski definition) is 2. The molecule has 4 nitrogen and oxygen atoms in total. The van der Waals surface area contributed by atoms with Crippen LogP contribution in [-0.4, -0.2) is 55.7 Å². The van der Waals surface area contributed by atoms with Crippen LogP contribution in [0.5, 0.6) is 0 Å². The van der Waals surface area contributed by atoms with Crippen LogP contribution >= 0.6 is 0 Å². The number of carbonyl (C=O) groups is 1. The van der Waals surface area contributed by atoms with Crippen LogP contribution in [0.2, 0.25) is 0 Å². The second-order valence-electron chi connectivity index (χ2n) is 7.24. The summed E-state index contributed by atoms with van der Waals surface area (Å²) in [7, 11) is 0. The fourth-order valence-corrected chi connectivity index (χ4v) is 3.17. The predicted octanol–water partition coefficient (Wildman–Crippen LogP) is 2.38. The Balaban J connectivity index is 1.87. The number of nitrogens with zero attached hydrogens (tertiary/aromatic N) is 1. The molecule has 146 valence electrons. The molecule has 1 atom stereocenters. The van der Waals surface area contributed by atoms with Gasteiger partial charge in [-0.3, -0.25) is 9.69 Å². The molecule has 1 fully saturated rings. The van der Waals surface area contributed by atoms with Crippen LogP contribution in [0.4, 0.5) is 13.2 Å². The maximum atomic E-state index is 13.3. The quantitative estimate of drug-likeness (QED) is 0.774. The Morgan fingerprint density at radius 2 is 1.73 bits per heavy atom. The van der Waals surface area contributed by atoms with E-state index in [2.05, 4.69) is 24.5 Å². The molecule has 1 saturated heterocycles. The lowest BCUT2D eigenvalue weighted by atomic mass is 10.0. The van der Waals surface area contributed by atoms with Gasteiger partial charge in [-0.05, 0) is 23.5 Å². The molecular weight excluding hydrogens is 343 g/mol. The van der Waals surface area contributed by atoms with Gasteiger partial charge in [0, 0.05) is 32.7 Å². The largest absolute Gasteiger partial charge is 0.405 e. The highest BCUT2D eigenvalue weighted by Gasteiger charge is 2.43. The van der Waals surface area contributed by atoms with Crippen molar-refractivity contribution in [3.05, 3.63) is 35.4 Å². The number of alkyl halides is 3. The molecule has 1 aliphatic heterocycles. The lowest BCUT2D eigenvalue weighted by Crippen LogP contribution is -2.57. The molecule has 1 amide bonds. The summed E-state index contributed by atoms with van der Waals surface area (Å²) < 4.78 is 40.0. The highest BCUT2D eigenvalue weighted by atomic mass is 19.4. The molecule has 26 heavy (non-hydrogen) atoms. The SMILES string of the molecule is CC(C)Cc1ccc(CC(=O)NCC(N2CCNCC2)C(F)(F)F)cc1. The Hall–Kier alpha value is -1.60. The van der Waals surface area contributed by atoms with Crippen molar-refractivity contribution in [3.8, 4) is 0 Å². The Morgan fingerprint density at radius 3 is 2.27 bits per heavy atom. The summed E-state index contributed by atoms with van der Waals surface area (Å²) in [5, 5.41) is 5.50. The van der Waals surface area contributed by atoms with Crippen molar-refractivity contribution in [2.75, 3.05) is 32.7 Å². The van der Waals surface area contributed by atoms with Crippen LogP contribution in [0.25, 0.3) is 0 Å². The number of nitrogens with one attached hydrogen (secondary N) is 2. The smallest absolute Gasteiger partial charge is 0.354 e. The van der Waals surface area contributed by atoms with Gasteiger partial charge in [0.05, 0.1) is 6.42 Å². The van der Waals surface area contributed by atoms with Crippen molar-refractivity contribution >= 4 is 5.91 Å². The molecule has 2 N–H and O–H groups in total. The zero-order chi connectivity index (χ0) is 19.2. The zero-order valence-electron chi connectivity index (χ0n) is 15.4. The van der Waals surface area contributed by atoms with Crippen LogP contribution in [0, 0.1) is 5.92 Å². The molecule has 0 radical (unpaired) electrons. The third kappa shape index (κ3) is 6.61. The third-order valence-electron chi connectivity index (χ3n) is 4.49. The van der Waals surface area contributed by atoms with E-state index < -0.39 is 18.8 Å². The first-order chi connectivity index (χ1) is 12.3. The lowest BCUT2D eigenvalue weighted by molar-refractivity contribution is -0.184. The molecule has 0 spiro atoms. The molecule has 0 aliphatic carbocycles. The normalized spacial score (nSPS) is 17.3. The number of halogens is 3. The Labute approximate surface area is 153 Å². The minimum Gasteiger partial charge on any atom is -0.354 e. The van der Waals surface area contributed by atoms with E-state index in [0.29, 0.717) is 32.1 Å². The first kappa shape index (κ1) is 20.7. The van der Waals surface area contributed by atoms with E-state index in [1.807, 2.05) is 24.3 Å². The molecule has 0 saturated carbocycles. The van der Waals surface area contributed by atoms with Gasteiger partial charge in [0.15, 0.2) is 0 Å². The van der Waals surface area contributed by atoms with Gasteiger partial charge in [-0.1, -0.05) is 38.1 Å². The van der Waals surface area contributed by atoms with E-state index >= 15 is 0 Å². The second kappa shape index (κ2) is 9.37. The number of rotatable bonds is 7. The van der Waals surface area contributed by atoms with Gasteiger partial charge < -0.3 is 10.6 Å². The summed E-state index contributed by atoms with van der Waals surface area (Å²) in [6.07, 6.45) is -3.30. The molecule has 1 aromatic rings. The third-order valence-corrected chi connectivity index (χ3v) is 4.49. The number of amides is 1. The Morgan fingerprint density at radius 1 is 1.15 bits per heavy atom. The predicted molar refractivity (Wildman–Crippen MR) is 96.0 cm³/mol. The van der Waals surface area contributed by atoms with Gasteiger partial charge in [-0.25, -0.2) is 0 Å². The zero-order valence-corrected chi connectivity index (χ0v) is 15.4. The summed E-state index contributed by atoms with van der Waals surface area (Å²) in [4.78, 5) is 13.5. The molecule has 0 bridgehead atoms. The first-order valence-corrected chi connectivity index (χ1v) is 9.11. The molecule has 0 aromatic heterocycles. The summed E-state index contributed by atoms with van der Waals surface area (Å²) in [5.74, 6) is 0.166. The van der Waals surface area contributed by atoms with E-state index in [-0.39, 0.29) is 12.3 Å². The van der Waals surface area contributed by atoms with Crippen LogP contribution in [-0.2, 0) is 17.6 Å². The van der Waals surface area contributed by atoms with E-state index in [1.165, 1.54) is 10.5 Å². The van der Waals surface area contributed by atoms with Gasteiger partial charge in [0.2, 0.25) is 5.91 Å². The summed E-state index contributed by atoms with van der Waals surface area (Å²) in [5.41, 5.74) is 2.00. The number of piperazine rings is 1. The van der Waals surface area contributed by atoms with Crippen molar-refractivity contribution in [1.29, 1.82) is 0 Å². The van der Waals surface area contributed by atoms with E-state index in [1.54, 1.807) is 0 Å². The van der Waals surface area contributed by atoms with Gasteiger partial charge >= 0.3 is 6.18 Å². The van der Waals surface area contributed by atoms with Crippen LogP contribution in [0.15, 0.2) is 24.3 Å². The minimum absolute atomic E-state index is 0.0914. The van der Waals surface area contributed by atoms with E-state index in [4.69, 9.17) is 0 Å². The van der Waals surface area contributed by atoms with Gasteiger partial charge in [-0.2, -0.15) is 13.2 Å². The monoisotopic (exact) mass is 371 g/mol. The molecule has 1 aliphatic rings. The average Bonchev–Trinajstić information content (AvgIpc) is 2.56. The second-order valence-corrected chi connectivity index (χ2v) is 7.24. The van der Waals surface area contributed by atoms with Crippen LogP contribution < -0.4 is 10.6 Å². The first-order valence-electron chi connectivity index (χ1n) is 9.11. The van der Waals surface area contributed by atoms with E-state index in [0.717, 1.165) is 12.0 Å². The van der Waals surface area contributed by atoms with Crippen molar-refractivity contribution in [3.63, 3.8) is 0 Å². The molecule has 7 heteroatoms. The molecule has 1 aromatic carbocycles. The molecular formula is C19H28F3N3O. The number of hydrogen-bond acceptors (Lipinski definition) is 3. The standard InChI is InChI=1S/C19H28F3N3O/c1-14(2)11-15-3-5-16(6-4-15)12-18(26)24-13-17(19(20,21)22)25-9-7-23-8-10-25/h3-6,14,17,23H,7-13H2,1-2H3,(H,24,26). The molecule has 2 rings (SSSR count). The Kier molecular flexibility index (Phi) is 7.46. The summed E-state index contributed by atoms with van der Waals surface area (Å²) in [6.45, 7) is 5.59. The summed E-state index contributed by atoms with van der Waals surface area (Å²) >= 11 is 0. The molecule has 1 unspecified atom stereocenters. The highest BCUT2D eigenvalue weighted by Crippen LogP contribution is 2.24. The fraction of sp³-hybridized carbons (Fsp3) is 0.632. The van der Waals surface area contributed by atoms with Crippen molar-refractivity contribution in [1.82, 2.24) is 15.5 Å². The van der Waals surface area contributed by atoms with Crippen LogP contribution in [0.3, 0.4) is 0 Å². The maximum Gasteiger partial charge on any atom is 0.405 e. The van der Waals surface area contributed by atoms with Gasteiger partial charge in [0.1, 0.15) is 6.04 Å². The lowest BCUT2D eigenvalue weighted by Gasteiger charge is -2.35. The summed E-state index contributed by atoms with van der Waals surface area (Å²) in [6, 6.07) is 6.05. The van der Waals surface area contributed by atoms with E-state index in [9.17, 15) is 18.0 Å². The minimum atomic E-state index is -4.36.